The molecule has 0 fully saturated rings. The van der Waals surface area contributed by atoms with Crippen LogP contribution in [0.4, 0.5) is 5.69 Å². The fourth-order valence-corrected chi connectivity index (χ4v) is 2.40. The van der Waals surface area contributed by atoms with Crippen molar-refractivity contribution in [2.45, 2.75) is 13.5 Å². The van der Waals surface area contributed by atoms with Gasteiger partial charge in [-0.15, -0.1) is 4.73 Å². The molecule has 0 aliphatic heterocycles. The predicted octanol–water partition coefficient (Wildman–Crippen LogP) is 1.48. The van der Waals surface area contributed by atoms with E-state index in [4.69, 9.17) is 4.84 Å². The van der Waals surface area contributed by atoms with E-state index in [0.717, 1.165) is 4.73 Å². The van der Waals surface area contributed by atoms with Gasteiger partial charge in [-0.1, -0.05) is 24.3 Å². The molecule has 0 bridgehead atoms. The molecule has 1 heterocycles. The summed E-state index contributed by atoms with van der Waals surface area (Å²) < 4.78 is 1.54. The van der Waals surface area contributed by atoms with Crippen molar-refractivity contribution in [2.24, 2.45) is 0 Å². The number of hydrogen-bond acceptors (Lipinski definition) is 5. The van der Waals surface area contributed by atoms with E-state index < -0.39 is 10.5 Å². The lowest BCUT2D eigenvalue weighted by Crippen LogP contribution is -2.43. The van der Waals surface area contributed by atoms with E-state index >= 15 is 0 Å². The van der Waals surface area contributed by atoms with Crippen molar-refractivity contribution >= 4 is 16.7 Å². The van der Waals surface area contributed by atoms with Gasteiger partial charge in [0, 0.05) is 19.1 Å². The minimum atomic E-state index is -0.609. The normalized spacial score (nSPS) is 10.7. The molecule has 8 heteroatoms. The van der Waals surface area contributed by atoms with E-state index in [1.807, 2.05) is 0 Å². The Morgan fingerprint density at radius 2 is 1.83 bits per heavy atom. The first-order valence-corrected chi connectivity index (χ1v) is 7.10. The number of nitrogens with zero attached hydrogens (tertiary/aromatic N) is 3. The van der Waals surface area contributed by atoms with Crippen molar-refractivity contribution in [3.8, 4) is 0 Å². The highest BCUT2D eigenvalue weighted by Crippen LogP contribution is 2.18. The molecule has 2 aromatic carbocycles. The van der Waals surface area contributed by atoms with Gasteiger partial charge in [-0.3, -0.25) is 14.9 Å². The molecule has 0 saturated carbocycles. The highest BCUT2D eigenvalue weighted by molar-refractivity contribution is 5.71. The number of aromatic nitrogens is 2. The number of benzene rings is 2. The second-order valence-electron chi connectivity index (χ2n) is 5.13. The lowest BCUT2D eigenvalue weighted by Gasteiger charge is -2.13. The molecule has 24 heavy (non-hydrogen) atoms. The van der Waals surface area contributed by atoms with Crippen molar-refractivity contribution in [3.63, 3.8) is 0 Å². The van der Waals surface area contributed by atoms with E-state index in [9.17, 15) is 20.1 Å². The van der Waals surface area contributed by atoms with Gasteiger partial charge in [0.1, 0.15) is 6.61 Å². The maximum atomic E-state index is 12.3. The third-order valence-corrected chi connectivity index (χ3v) is 3.66. The summed E-state index contributed by atoms with van der Waals surface area (Å²) in [7, 11) is 0. The second-order valence-corrected chi connectivity index (χ2v) is 5.13. The van der Waals surface area contributed by atoms with Crippen LogP contribution in [0.15, 0.2) is 53.3 Å². The van der Waals surface area contributed by atoms with E-state index in [1.54, 1.807) is 42.5 Å². The Kier molecular flexibility index (Phi) is 3.87. The molecule has 3 aromatic rings. The molecule has 0 N–H and O–H groups in total. The molecule has 8 nitrogen and oxygen atoms in total. The third kappa shape index (κ3) is 2.54. The maximum Gasteiger partial charge on any atom is 0.352 e. The molecule has 0 saturated heterocycles. The van der Waals surface area contributed by atoms with Crippen LogP contribution in [0, 0.1) is 22.2 Å². The average molecular weight is 327 g/mol. The minimum absolute atomic E-state index is 0.0451. The number of hydrogen-bond donors (Lipinski definition) is 0. The lowest BCUT2D eigenvalue weighted by atomic mass is 10.2. The smallest absolute Gasteiger partial charge is 0.352 e. The largest absolute Gasteiger partial charge is 0.618 e. The minimum Gasteiger partial charge on any atom is -0.618 e. The summed E-state index contributed by atoms with van der Waals surface area (Å²) in [5.74, 6) is 0. The summed E-state index contributed by atoms with van der Waals surface area (Å²) in [5, 5.41) is 23.1. The van der Waals surface area contributed by atoms with Crippen molar-refractivity contribution in [2.75, 3.05) is 0 Å². The number of nitro benzene ring substituents is 1. The predicted molar refractivity (Wildman–Crippen MR) is 85.3 cm³/mol. The number of rotatable bonds is 4. The highest BCUT2D eigenvalue weighted by atomic mass is 16.7. The van der Waals surface area contributed by atoms with Gasteiger partial charge in [0.05, 0.1) is 10.5 Å². The van der Waals surface area contributed by atoms with Gasteiger partial charge in [0.15, 0.2) is 5.52 Å². The molecular formula is C16H13N3O5. The molecule has 0 atom stereocenters. The van der Waals surface area contributed by atoms with Gasteiger partial charge in [-0.25, -0.2) is 0 Å². The zero-order valence-electron chi connectivity index (χ0n) is 12.7. The molecule has 0 radical (unpaired) electrons. The van der Waals surface area contributed by atoms with Gasteiger partial charge in [-0.05, 0) is 12.1 Å². The van der Waals surface area contributed by atoms with Crippen molar-refractivity contribution in [3.05, 3.63) is 85.5 Å². The summed E-state index contributed by atoms with van der Waals surface area (Å²) in [6.07, 6.45) is 0. The first-order valence-electron chi connectivity index (χ1n) is 7.10. The standard InChI is InChI=1S/C16H13N3O5/c1-11-16(20)18(15-9-5-4-8-14(15)17(11)21)24-10-12-6-2-3-7-13(12)19(22)23/h2-9H,10H2,1H3. The van der Waals surface area contributed by atoms with Crippen molar-refractivity contribution in [1.29, 1.82) is 0 Å². The second kappa shape index (κ2) is 5.99. The van der Waals surface area contributed by atoms with Crippen LogP contribution in [0.3, 0.4) is 0 Å². The van der Waals surface area contributed by atoms with E-state index in [2.05, 4.69) is 0 Å². The van der Waals surface area contributed by atoms with Crippen LogP contribution < -0.4 is 15.1 Å². The lowest BCUT2D eigenvalue weighted by molar-refractivity contribution is -0.586. The Labute approximate surface area is 135 Å². The van der Waals surface area contributed by atoms with E-state index in [-0.39, 0.29) is 23.5 Å². The average Bonchev–Trinajstić information content (AvgIpc) is 2.60. The molecule has 0 unspecified atom stereocenters. The molecule has 1 aromatic heterocycles. The molecular weight excluding hydrogens is 314 g/mol. The van der Waals surface area contributed by atoms with Crippen molar-refractivity contribution in [1.82, 2.24) is 4.73 Å². The Balaban J connectivity index is 2.06. The first-order chi connectivity index (χ1) is 11.5. The zero-order chi connectivity index (χ0) is 17.3. The van der Waals surface area contributed by atoms with Gasteiger partial charge in [-0.2, -0.15) is 4.73 Å². The Morgan fingerprint density at radius 1 is 1.17 bits per heavy atom. The monoisotopic (exact) mass is 327 g/mol. The maximum absolute atomic E-state index is 12.3. The van der Waals surface area contributed by atoms with Crippen LogP contribution >= 0.6 is 0 Å². The summed E-state index contributed by atoms with van der Waals surface area (Å²) in [5.41, 5.74) is 0.147. The quantitative estimate of drug-likeness (QED) is 0.313. The molecule has 3 rings (SSSR count). The molecule has 0 aliphatic rings. The molecule has 0 aliphatic carbocycles. The fraction of sp³-hybridized carbons (Fsp3) is 0.125. The third-order valence-electron chi connectivity index (χ3n) is 3.66. The van der Waals surface area contributed by atoms with Gasteiger partial charge >= 0.3 is 5.56 Å². The zero-order valence-corrected chi connectivity index (χ0v) is 12.7. The van der Waals surface area contributed by atoms with Crippen LogP contribution in [-0.4, -0.2) is 9.65 Å². The summed E-state index contributed by atoms with van der Waals surface area (Å²) in [6.45, 7) is 1.22. The van der Waals surface area contributed by atoms with Crippen LogP contribution in [-0.2, 0) is 6.61 Å². The van der Waals surface area contributed by atoms with Gasteiger partial charge in [0.2, 0.25) is 5.52 Å². The number of para-hydroxylation sites is 3. The van der Waals surface area contributed by atoms with Gasteiger partial charge in [0.25, 0.3) is 11.4 Å². The SMILES string of the molecule is Cc1c(=O)n(OCc2ccccc2[N+](=O)[O-])c2ccccc2[n+]1[O-]. The number of fused-ring (bicyclic) bond motifs is 1. The first kappa shape index (κ1) is 15.5. The summed E-state index contributed by atoms with van der Waals surface area (Å²) >= 11 is 0. The fourth-order valence-electron chi connectivity index (χ4n) is 2.40. The van der Waals surface area contributed by atoms with Crippen LogP contribution in [0.2, 0.25) is 0 Å². The van der Waals surface area contributed by atoms with Crippen LogP contribution in [0.25, 0.3) is 11.0 Å². The Bertz CT molecular complexity index is 997. The highest BCUT2D eigenvalue weighted by Gasteiger charge is 2.19. The topological polar surface area (TPSA) is 101 Å². The van der Waals surface area contributed by atoms with E-state index in [1.165, 1.54) is 13.0 Å². The Hall–Kier alpha value is -3.42. The van der Waals surface area contributed by atoms with Gasteiger partial charge < -0.3 is 10.0 Å². The summed E-state index contributed by atoms with van der Waals surface area (Å²) in [6, 6.07) is 12.6. The molecule has 122 valence electrons. The molecule has 0 amide bonds. The van der Waals surface area contributed by atoms with E-state index in [0.29, 0.717) is 15.8 Å². The van der Waals surface area contributed by atoms with Crippen LogP contribution in [0.5, 0.6) is 0 Å². The summed E-state index contributed by atoms with van der Waals surface area (Å²) in [4.78, 5) is 28.4. The number of nitro groups is 1. The Morgan fingerprint density at radius 3 is 2.58 bits per heavy atom. The van der Waals surface area contributed by atoms with Crippen molar-refractivity contribution < 1.29 is 14.5 Å². The molecule has 0 spiro atoms. The van der Waals surface area contributed by atoms with Crippen LogP contribution in [0.1, 0.15) is 11.3 Å².